The lowest BCUT2D eigenvalue weighted by Gasteiger charge is -2.05. The first-order chi connectivity index (χ1) is 11.1. The fourth-order valence-electron chi connectivity index (χ4n) is 1.87. The quantitative estimate of drug-likeness (QED) is 0.793. The van der Waals surface area contributed by atoms with Gasteiger partial charge in [-0.05, 0) is 36.2 Å². The number of hydrogen-bond acceptors (Lipinski definition) is 5. The molecule has 0 fully saturated rings. The maximum atomic E-state index is 11.8. The van der Waals surface area contributed by atoms with Crippen molar-refractivity contribution in [2.75, 3.05) is 13.7 Å². The molecule has 0 aliphatic heterocycles. The van der Waals surface area contributed by atoms with Crippen molar-refractivity contribution in [3.63, 3.8) is 0 Å². The summed E-state index contributed by atoms with van der Waals surface area (Å²) >= 11 is 0. The van der Waals surface area contributed by atoms with E-state index >= 15 is 0 Å². The molecule has 0 spiro atoms. The van der Waals surface area contributed by atoms with Crippen LogP contribution in [0.5, 0.6) is 5.75 Å². The van der Waals surface area contributed by atoms with Crippen molar-refractivity contribution in [1.29, 1.82) is 0 Å². The Morgan fingerprint density at radius 1 is 1.13 bits per heavy atom. The second-order valence-electron chi connectivity index (χ2n) is 4.81. The Morgan fingerprint density at radius 2 is 1.87 bits per heavy atom. The number of benzene rings is 1. The highest BCUT2D eigenvalue weighted by Crippen LogP contribution is 2.16. The summed E-state index contributed by atoms with van der Waals surface area (Å²) in [5.74, 6) is 0.370. The van der Waals surface area contributed by atoms with E-state index in [4.69, 9.17) is 9.15 Å². The Kier molecular flexibility index (Phi) is 5.80. The van der Waals surface area contributed by atoms with E-state index in [1.165, 1.54) is 18.7 Å². The molecule has 0 radical (unpaired) electrons. The fraction of sp³-hybridized carbons (Fsp3) is 0.294. The molecule has 1 N–H and O–H groups in total. The third-order valence-electron chi connectivity index (χ3n) is 3.22. The lowest BCUT2D eigenvalue weighted by molar-refractivity contribution is -0.139. The zero-order valence-corrected chi connectivity index (χ0v) is 13.1. The standard InChI is InChI=1S/C17H19NO5/c1-3-12-4-6-13(7-5-12)22-11-14-8-9-15(23-14)17(20)18-10-16(19)21-2/h4-9H,3,10-11H2,1-2H3,(H,18,20). The molecule has 0 unspecified atom stereocenters. The summed E-state index contributed by atoms with van der Waals surface area (Å²) in [5.41, 5.74) is 1.24. The molecule has 0 aliphatic rings. The smallest absolute Gasteiger partial charge is 0.325 e. The average molecular weight is 317 g/mol. The lowest BCUT2D eigenvalue weighted by Crippen LogP contribution is -2.29. The Labute approximate surface area is 134 Å². The van der Waals surface area contributed by atoms with Gasteiger partial charge in [-0.15, -0.1) is 0 Å². The molecular formula is C17H19NO5. The van der Waals surface area contributed by atoms with Gasteiger partial charge in [0.2, 0.25) is 0 Å². The van der Waals surface area contributed by atoms with Crippen molar-refractivity contribution in [3.05, 3.63) is 53.5 Å². The number of nitrogens with one attached hydrogen (secondary N) is 1. The highest BCUT2D eigenvalue weighted by Gasteiger charge is 2.12. The van der Waals surface area contributed by atoms with E-state index in [0.717, 1.165) is 12.2 Å². The van der Waals surface area contributed by atoms with Crippen molar-refractivity contribution >= 4 is 11.9 Å². The van der Waals surface area contributed by atoms with Gasteiger partial charge in [-0.2, -0.15) is 0 Å². The number of hydrogen-bond donors (Lipinski definition) is 1. The molecule has 2 aromatic rings. The molecule has 0 saturated carbocycles. The van der Waals surface area contributed by atoms with E-state index < -0.39 is 11.9 Å². The Balaban J connectivity index is 1.86. The van der Waals surface area contributed by atoms with Gasteiger partial charge in [0.05, 0.1) is 7.11 Å². The first kappa shape index (κ1) is 16.6. The van der Waals surface area contributed by atoms with E-state index in [9.17, 15) is 9.59 Å². The van der Waals surface area contributed by atoms with Crippen LogP contribution in [0.15, 0.2) is 40.8 Å². The third kappa shape index (κ3) is 4.88. The van der Waals surface area contributed by atoms with Gasteiger partial charge in [-0.25, -0.2) is 0 Å². The number of ether oxygens (including phenoxy) is 2. The van der Waals surface area contributed by atoms with Crippen molar-refractivity contribution in [3.8, 4) is 5.75 Å². The minimum absolute atomic E-state index is 0.119. The van der Waals surface area contributed by atoms with Gasteiger partial charge in [0.15, 0.2) is 5.76 Å². The number of furan rings is 1. The van der Waals surface area contributed by atoms with Gasteiger partial charge in [-0.3, -0.25) is 9.59 Å². The van der Waals surface area contributed by atoms with Crippen LogP contribution in [0.3, 0.4) is 0 Å². The van der Waals surface area contributed by atoms with Crippen LogP contribution < -0.4 is 10.1 Å². The summed E-state index contributed by atoms with van der Waals surface area (Å²) in [4.78, 5) is 22.7. The topological polar surface area (TPSA) is 77.8 Å². The minimum atomic E-state index is -0.524. The van der Waals surface area contributed by atoms with Gasteiger partial charge < -0.3 is 19.2 Å². The normalized spacial score (nSPS) is 10.2. The molecule has 1 heterocycles. The number of carbonyl (C=O) groups excluding carboxylic acids is 2. The van der Waals surface area contributed by atoms with E-state index in [0.29, 0.717) is 5.76 Å². The Bertz CT molecular complexity index is 660. The van der Waals surface area contributed by atoms with Gasteiger partial charge >= 0.3 is 5.97 Å². The first-order valence-electron chi connectivity index (χ1n) is 7.28. The molecule has 0 bridgehead atoms. The van der Waals surface area contributed by atoms with Crippen molar-refractivity contribution in [1.82, 2.24) is 5.32 Å². The van der Waals surface area contributed by atoms with Crippen molar-refractivity contribution < 1.29 is 23.5 Å². The summed E-state index contributed by atoms with van der Waals surface area (Å²) in [6, 6.07) is 11.0. The molecule has 1 amide bonds. The van der Waals surface area contributed by atoms with Crippen LogP contribution in [0.25, 0.3) is 0 Å². The molecule has 6 nitrogen and oxygen atoms in total. The number of carbonyl (C=O) groups is 2. The molecule has 23 heavy (non-hydrogen) atoms. The number of aryl methyl sites for hydroxylation is 1. The molecule has 0 aliphatic carbocycles. The molecular weight excluding hydrogens is 298 g/mol. The number of esters is 1. The van der Waals surface area contributed by atoms with Crippen LogP contribution in [0.4, 0.5) is 0 Å². The van der Waals surface area contributed by atoms with E-state index in [1.807, 2.05) is 24.3 Å². The second-order valence-corrected chi connectivity index (χ2v) is 4.81. The maximum Gasteiger partial charge on any atom is 0.325 e. The Hall–Kier alpha value is -2.76. The predicted molar refractivity (Wildman–Crippen MR) is 83.2 cm³/mol. The predicted octanol–water partition coefficient (Wildman–Crippen LogP) is 2.32. The highest BCUT2D eigenvalue weighted by atomic mass is 16.5. The zero-order chi connectivity index (χ0) is 16.7. The highest BCUT2D eigenvalue weighted by molar-refractivity contribution is 5.93. The number of amides is 1. The van der Waals surface area contributed by atoms with E-state index in [1.54, 1.807) is 6.07 Å². The summed E-state index contributed by atoms with van der Waals surface area (Å²) < 4.78 is 15.4. The van der Waals surface area contributed by atoms with Crippen molar-refractivity contribution in [2.24, 2.45) is 0 Å². The molecule has 0 saturated heterocycles. The monoisotopic (exact) mass is 317 g/mol. The summed E-state index contributed by atoms with van der Waals surface area (Å²) in [6.07, 6.45) is 0.975. The van der Waals surface area contributed by atoms with Crippen LogP contribution in [0.1, 0.15) is 28.8 Å². The first-order valence-corrected chi connectivity index (χ1v) is 7.28. The molecule has 1 aromatic carbocycles. The van der Waals surface area contributed by atoms with Crippen LogP contribution in [-0.2, 0) is 22.6 Å². The van der Waals surface area contributed by atoms with Gasteiger partial charge in [0, 0.05) is 0 Å². The largest absolute Gasteiger partial charge is 0.486 e. The Morgan fingerprint density at radius 3 is 2.52 bits per heavy atom. The van der Waals surface area contributed by atoms with Crippen LogP contribution in [0, 0.1) is 0 Å². The summed E-state index contributed by atoms with van der Waals surface area (Å²) in [6.45, 7) is 2.10. The minimum Gasteiger partial charge on any atom is -0.486 e. The second kappa shape index (κ2) is 8.03. The van der Waals surface area contributed by atoms with Crippen LogP contribution in [0.2, 0.25) is 0 Å². The van der Waals surface area contributed by atoms with Crippen molar-refractivity contribution in [2.45, 2.75) is 20.0 Å². The summed E-state index contributed by atoms with van der Waals surface area (Å²) in [5, 5.41) is 2.40. The molecule has 6 heteroatoms. The zero-order valence-electron chi connectivity index (χ0n) is 13.1. The molecule has 122 valence electrons. The maximum absolute atomic E-state index is 11.8. The van der Waals surface area contributed by atoms with Gasteiger partial charge in [0.25, 0.3) is 5.91 Å². The third-order valence-corrected chi connectivity index (χ3v) is 3.22. The van der Waals surface area contributed by atoms with Gasteiger partial charge in [-0.1, -0.05) is 19.1 Å². The lowest BCUT2D eigenvalue weighted by atomic mass is 10.2. The average Bonchev–Trinajstić information content (AvgIpc) is 3.07. The van der Waals surface area contributed by atoms with Gasteiger partial charge in [0.1, 0.15) is 24.7 Å². The fourth-order valence-corrected chi connectivity index (χ4v) is 1.87. The molecule has 0 atom stereocenters. The van der Waals surface area contributed by atoms with E-state index in [2.05, 4.69) is 17.0 Å². The SMILES string of the molecule is CCc1ccc(OCc2ccc(C(=O)NCC(=O)OC)o2)cc1. The van der Waals surface area contributed by atoms with Crippen LogP contribution in [-0.4, -0.2) is 25.5 Å². The van der Waals surface area contributed by atoms with E-state index in [-0.39, 0.29) is 18.9 Å². The number of methoxy groups -OCH3 is 1. The number of rotatable bonds is 7. The molecule has 1 aromatic heterocycles. The molecule has 2 rings (SSSR count). The van der Waals surface area contributed by atoms with Crippen LogP contribution >= 0.6 is 0 Å². The summed E-state index contributed by atoms with van der Waals surface area (Å²) in [7, 11) is 1.25.